The Hall–Kier alpha value is -1.46. The molecule has 0 aliphatic heterocycles. The maximum absolute atomic E-state index is 14.0. The van der Waals surface area contributed by atoms with Gasteiger partial charge in [0.05, 0.1) is 4.90 Å². The van der Waals surface area contributed by atoms with Gasteiger partial charge in [-0.3, -0.25) is 0 Å². The van der Waals surface area contributed by atoms with Crippen LogP contribution in [0, 0.1) is 12.7 Å². The van der Waals surface area contributed by atoms with Crippen molar-refractivity contribution in [3.8, 4) is 0 Å². The van der Waals surface area contributed by atoms with E-state index in [1.54, 1.807) is 18.3 Å². The summed E-state index contributed by atoms with van der Waals surface area (Å²) in [5, 5.41) is 3.74. The molecule has 0 aliphatic carbocycles. The number of halogens is 1. The van der Waals surface area contributed by atoms with E-state index in [-0.39, 0.29) is 5.82 Å². The molecule has 0 atom stereocenters. The Morgan fingerprint density at radius 3 is 2.84 bits per heavy atom. The van der Waals surface area contributed by atoms with Gasteiger partial charge in [-0.05, 0) is 49.0 Å². The van der Waals surface area contributed by atoms with Crippen molar-refractivity contribution < 1.29 is 4.39 Å². The molecule has 0 bridgehead atoms. The van der Waals surface area contributed by atoms with Crippen molar-refractivity contribution in [2.45, 2.75) is 30.4 Å². The molecule has 0 spiro atoms. The van der Waals surface area contributed by atoms with Crippen molar-refractivity contribution in [3.63, 3.8) is 0 Å². The van der Waals surface area contributed by atoms with Crippen LogP contribution < -0.4 is 5.32 Å². The van der Waals surface area contributed by atoms with Gasteiger partial charge in [0.15, 0.2) is 5.16 Å². The number of aromatic nitrogens is 2. The lowest BCUT2D eigenvalue weighted by Gasteiger charge is -2.06. The van der Waals surface area contributed by atoms with Crippen LogP contribution in [-0.2, 0) is 6.54 Å². The zero-order valence-corrected chi connectivity index (χ0v) is 11.8. The standard InChI is InChI=1S/C14H16FN3S/c1-3-16-9-11-4-5-13(12(15)8-11)19-14-17-7-6-10(2)18-14/h4-8,16H,3,9H2,1-2H3. The SMILES string of the molecule is CCNCc1ccc(Sc2nccc(C)n2)c(F)c1. The van der Waals surface area contributed by atoms with E-state index in [0.717, 1.165) is 17.8 Å². The van der Waals surface area contributed by atoms with Crippen molar-refractivity contribution >= 4 is 11.8 Å². The third-order valence-corrected chi connectivity index (χ3v) is 3.48. The minimum atomic E-state index is -0.231. The Bertz CT molecular complexity index is 560. The van der Waals surface area contributed by atoms with E-state index in [2.05, 4.69) is 15.3 Å². The first-order valence-corrected chi connectivity index (χ1v) is 6.97. The van der Waals surface area contributed by atoms with Crippen LogP contribution in [0.4, 0.5) is 4.39 Å². The van der Waals surface area contributed by atoms with Gasteiger partial charge in [-0.1, -0.05) is 13.0 Å². The summed E-state index contributed by atoms with van der Waals surface area (Å²) in [5.41, 5.74) is 1.82. The van der Waals surface area contributed by atoms with E-state index in [9.17, 15) is 4.39 Å². The second-order valence-corrected chi connectivity index (χ2v) is 5.14. The molecule has 0 saturated heterocycles. The molecular formula is C14H16FN3S. The van der Waals surface area contributed by atoms with Crippen molar-refractivity contribution in [1.29, 1.82) is 0 Å². The molecule has 19 heavy (non-hydrogen) atoms. The molecular weight excluding hydrogens is 261 g/mol. The van der Waals surface area contributed by atoms with Crippen molar-refractivity contribution in [2.24, 2.45) is 0 Å². The number of benzene rings is 1. The van der Waals surface area contributed by atoms with Gasteiger partial charge in [0.1, 0.15) is 5.82 Å². The van der Waals surface area contributed by atoms with Gasteiger partial charge in [-0.25, -0.2) is 14.4 Å². The quantitative estimate of drug-likeness (QED) is 0.852. The molecule has 1 aromatic heterocycles. The summed E-state index contributed by atoms with van der Waals surface area (Å²) in [4.78, 5) is 8.92. The maximum atomic E-state index is 14.0. The molecule has 5 heteroatoms. The average molecular weight is 277 g/mol. The molecule has 2 aromatic rings. The molecule has 2 rings (SSSR count). The fraction of sp³-hybridized carbons (Fsp3) is 0.286. The predicted octanol–water partition coefficient (Wildman–Crippen LogP) is 3.18. The first-order valence-electron chi connectivity index (χ1n) is 6.15. The molecule has 0 unspecified atom stereocenters. The van der Waals surface area contributed by atoms with E-state index < -0.39 is 0 Å². The van der Waals surface area contributed by atoms with E-state index in [0.29, 0.717) is 16.6 Å². The zero-order valence-electron chi connectivity index (χ0n) is 11.0. The molecule has 0 amide bonds. The summed E-state index contributed by atoms with van der Waals surface area (Å²) < 4.78 is 14.0. The maximum Gasteiger partial charge on any atom is 0.192 e. The molecule has 3 nitrogen and oxygen atoms in total. The molecule has 0 fully saturated rings. The van der Waals surface area contributed by atoms with Crippen LogP contribution in [0.5, 0.6) is 0 Å². The summed E-state index contributed by atoms with van der Waals surface area (Å²) in [6.07, 6.45) is 1.68. The minimum absolute atomic E-state index is 0.231. The van der Waals surface area contributed by atoms with Crippen molar-refractivity contribution in [2.75, 3.05) is 6.54 Å². The number of nitrogens with zero attached hydrogens (tertiary/aromatic N) is 2. The van der Waals surface area contributed by atoms with Crippen LogP contribution in [-0.4, -0.2) is 16.5 Å². The number of hydrogen-bond acceptors (Lipinski definition) is 4. The van der Waals surface area contributed by atoms with Gasteiger partial charge in [0.2, 0.25) is 0 Å². The van der Waals surface area contributed by atoms with Gasteiger partial charge < -0.3 is 5.32 Å². The average Bonchev–Trinajstić information content (AvgIpc) is 2.39. The highest BCUT2D eigenvalue weighted by Crippen LogP contribution is 2.27. The van der Waals surface area contributed by atoms with Crippen LogP contribution in [0.2, 0.25) is 0 Å². The Morgan fingerprint density at radius 2 is 2.16 bits per heavy atom. The summed E-state index contributed by atoms with van der Waals surface area (Å²) >= 11 is 1.24. The minimum Gasteiger partial charge on any atom is -0.313 e. The van der Waals surface area contributed by atoms with Crippen LogP contribution in [0.3, 0.4) is 0 Å². The Kier molecular flexibility index (Phi) is 4.87. The number of aryl methyl sites for hydroxylation is 1. The third-order valence-electron chi connectivity index (χ3n) is 2.55. The second kappa shape index (κ2) is 6.63. The lowest BCUT2D eigenvalue weighted by atomic mass is 10.2. The normalized spacial score (nSPS) is 10.7. The molecule has 0 radical (unpaired) electrons. The molecule has 1 heterocycles. The van der Waals surface area contributed by atoms with E-state index in [1.165, 1.54) is 11.8 Å². The highest BCUT2D eigenvalue weighted by atomic mass is 32.2. The second-order valence-electron chi connectivity index (χ2n) is 4.13. The number of nitrogens with one attached hydrogen (secondary N) is 1. The Morgan fingerprint density at radius 1 is 1.32 bits per heavy atom. The van der Waals surface area contributed by atoms with Crippen LogP contribution in [0.25, 0.3) is 0 Å². The van der Waals surface area contributed by atoms with Gasteiger partial charge in [-0.15, -0.1) is 0 Å². The molecule has 0 aliphatic rings. The largest absolute Gasteiger partial charge is 0.313 e. The van der Waals surface area contributed by atoms with Crippen molar-refractivity contribution in [1.82, 2.24) is 15.3 Å². The molecule has 1 N–H and O–H groups in total. The molecule has 100 valence electrons. The fourth-order valence-corrected chi connectivity index (χ4v) is 2.37. The fourth-order valence-electron chi connectivity index (χ4n) is 1.58. The Labute approximate surface area is 116 Å². The highest BCUT2D eigenvalue weighted by Gasteiger charge is 2.07. The summed E-state index contributed by atoms with van der Waals surface area (Å²) in [6, 6.07) is 7.07. The smallest absolute Gasteiger partial charge is 0.192 e. The Balaban J connectivity index is 2.13. The monoisotopic (exact) mass is 277 g/mol. The summed E-state index contributed by atoms with van der Waals surface area (Å²) in [7, 11) is 0. The molecule has 1 aromatic carbocycles. The number of rotatable bonds is 5. The topological polar surface area (TPSA) is 37.8 Å². The predicted molar refractivity (Wildman–Crippen MR) is 74.7 cm³/mol. The number of hydrogen-bond donors (Lipinski definition) is 1. The highest BCUT2D eigenvalue weighted by molar-refractivity contribution is 7.99. The summed E-state index contributed by atoms with van der Waals surface area (Å²) in [6.45, 7) is 5.46. The first kappa shape index (κ1) is 14.0. The van der Waals surface area contributed by atoms with E-state index in [1.807, 2.05) is 26.0 Å². The first-order chi connectivity index (χ1) is 9.19. The third kappa shape index (κ3) is 4.01. The van der Waals surface area contributed by atoms with Crippen LogP contribution in [0.15, 0.2) is 40.5 Å². The van der Waals surface area contributed by atoms with E-state index in [4.69, 9.17) is 0 Å². The lowest BCUT2D eigenvalue weighted by molar-refractivity contribution is 0.596. The van der Waals surface area contributed by atoms with Crippen molar-refractivity contribution in [3.05, 3.63) is 47.5 Å². The van der Waals surface area contributed by atoms with Gasteiger partial charge in [0, 0.05) is 18.4 Å². The lowest BCUT2D eigenvalue weighted by Crippen LogP contribution is -2.11. The van der Waals surface area contributed by atoms with Gasteiger partial charge >= 0.3 is 0 Å². The van der Waals surface area contributed by atoms with Gasteiger partial charge in [-0.2, -0.15) is 0 Å². The van der Waals surface area contributed by atoms with Gasteiger partial charge in [0.25, 0.3) is 0 Å². The van der Waals surface area contributed by atoms with Crippen LogP contribution in [0.1, 0.15) is 18.2 Å². The zero-order chi connectivity index (χ0) is 13.7. The summed E-state index contributed by atoms with van der Waals surface area (Å²) in [5.74, 6) is -0.231. The van der Waals surface area contributed by atoms with Crippen LogP contribution >= 0.6 is 11.8 Å². The molecule has 0 saturated carbocycles. The van der Waals surface area contributed by atoms with E-state index >= 15 is 0 Å².